The number of benzene rings is 2. The number of nitrogens with one attached hydrogen (secondary N) is 1. The summed E-state index contributed by atoms with van der Waals surface area (Å²) in [4.78, 5) is 13.2. The molecule has 0 aliphatic carbocycles. The van der Waals surface area contributed by atoms with E-state index >= 15 is 0 Å². The van der Waals surface area contributed by atoms with E-state index in [4.69, 9.17) is 4.74 Å². The van der Waals surface area contributed by atoms with Gasteiger partial charge < -0.3 is 10.1 Å². The van der Waals surface area contributed by atoms with Crippen LogP contribution in [-0.4, -0.2) is 18.3 Å². The molecular formula is C16H16BrNO2S. The molecule has 21 heavy (non-hydrogen) atoms. The van der Waals surface area contributed by atoms with Crippen LogP contribution in [0.2, 0.25) is 0 Å². The van der Waals surface area contributed by atoms with E-state index < -0.39 is 6.10 Å². The van der Waals surface area contributed by atoms with E-state index in [0.29, 0.717) is 5.75 Å². The second-order valence-electron chi connectivity index (χ2n) is 4.44. The Morgan fingerprint density at radius 1 is 1.24 bits per heavy atom. The molecule has 2 aromatic rings. The summed E-state index contributed by atoms with van der Waals surface area (Å²) < 4.78 is 6.59. The Balaban J connectivity index is 1.97. The summed E-state index contributed by atoms with van der Waals surface area (Å²) in [7, 11) is 0. The number of halogens is 1. The van der Waals surface area contributed by atoms with Gasteiger partial charge in [0.1, 0.15) is 5.75 Å². The molecule has 3 nitrogen and oxygen atoms in total. The van der Waals surface area contributed by atoms with Crippen LogP contribution in [0.1, 0.15) is 6.92 Å². The van der Waals surface area contributed by atoms with Gasteiger partial charge in [0.2, 0.25) is 0 Å². The van der Waals surface area contributed by atoms with Crippen LogP contribution in [0.15, 0.2) is 57.9 Å². The second kappa shape index (κ2) is 7.52. The van der Waals surface area contributed by atoms with Gasteiger partial charge in [-0.05, 0) is 55.6 Å². The van der Waals surface area contributed by atoms with Gasteiger partial charge in [-0.1, -0.05) is 22.0 Å². The van der Waals surface area contributed by atoms with Crippen molar-refractivity contribution in [2.24, 2.45) is 0 Å². The molecule has 0 unspecified atom stereocenters. The summed E-state index contributed by atoms with van der Waals surface area (Å²) in [6, 6.07) is 15.1. The molecule has 0 saturated heterocycles. The van der Waals surface area contributed by atoms with Crippen LogP contribution >= 0.6 is 27.7 Å². The number of ether oxygens (including phenoxy) is 1. The van der Waals surface area contributed by atoms with Gasteiger partial charge in [0.05, 0.1) is 0 Å². The molecule has 1 N–H and O–H groups in total. The van der Waals surface area contributed by atoms with Crippen LogP contribution in [0.25, 0.3) is 0 Å². The van der Waals surface area contributed by atoms with Crippen molar-refractivity contribution < 1.29 is 9.53 Å². The predicted molar refractivity (Wildman–Crippen MR) is 91.1 cm³/mol. The number of carbonyl (C=O) groups is 1. The smallest absolute Gasteiger partial charge is 0.265 e. The summed E-state index contributed by atoms with van der Waals surface area (Å²) in [5.41, 5.74) is 0.776. The highest BCUT2D eigenvalue weighted by atomic mass is 79.9. The fourth-order valence-corrected chi connectivity index (χ4v) is 2.44. The molecule has 0 spiro atoms. The molecule has 2 rings (SSSR count). The average Bonchev–Trinajstić information content (AvgIpc) is 2.49. The number of anilines is 1. The summed E-state index contributed by atoms with van der Waals surface area (Å²) >= 11 is 5.00. The molecule has 0 aromatic heterocycles. The van der Waals surface area contributed by atoms with Gasteiger partial charge in [-0.25, -0.2) is 0 Å². The predicted octanol–water partition coefficient (Wildman–Crippen LogP) is 4.58. The largest absolute Gasteiger partial charge is 0.481 e. The van der Waals surface area contributed by atoms with Gasteiger partial charge in [-0.3, -0.25) is 4.79 Å². The fourth-order valence-electron chi connectivity index (χ4n) is 1.72. The van der Waals surface area contributed by atoms with E-state index in [0.717, 1.165) is 15.1 Å². The molecule has 2 aromatic carbocycles. The molecule has 0 radical (unpaired) electrons. The normalized spacial score (nSPS) is 11.8. The van der Waals surface area contributed by atoms with Crippen LogP contribution in [0.4, 0.5) is 5.69 Å². The van der Waals surface area contributed by atoms with Gasteiger partial charge >= 0.3 is 0 Å². The highest BCUT2D eigenvalue weighted by molar-refractivity contribution is 9.10. The van der Waals surface area contributed by atoms with E-state index in [-0.39, 0.29) is 5.91 Å². The first-order valence-corrected chi connectivity index (χ1v) is 8.47. The molecule has 0 aliphatic rings. The Bertz CT molecular complexity index is 616. The van der Waals surface area contributed by atoms with Crippen molar-refractivity contribution in [3.8, 4) is 5.75 Å². The number of hydrogen-bond acceptors (Lipinski definition) is 3. The molecule has 1 atom stereocenters. The molecule has 0 aliphatic heterocycles. The van der Waals surface area contributed by atoms with Gasteiger partial charge in [0.25, 0.3) is 5.91 Å². The van der Waals surface area contributed by atoms with E-state index in [1.165, 1.54) is 0 Å². The Hall–Kier alpha value is -1.46. The zero-order chi connectivity index (χ0) is 15.2. The zero-order valence-electron chi connectivity index (χ0n) is 11.8. The maximum Gasteiger partial charge on any atom is 0.265 e. The topological polar surface area (TPSA) is 38.3 Å². The van der Waals surface area contributed by atoms with Crippen LogP contribution < -0.4 is 10.1 Å². The van der Waals surface area contributed by atoms with Crippen molar-refractivity contribution in [1.82, 2.24) is 0 Å². The van der Waals surface area contributed by atoms with Gasteiger partial charge in [0.15, 0.2) is 6.10 Å². The Kier molecular flexibility index (Phi) is 5.70. The minimum Gasteiger partial charge on any atom is -0.481 e. The summed E-state index contributed by atoms with van der Waals surface area (Å²) in [5.74, 6) is 0.495. The van der Waals surface area contributed by atoms with Crippen molar-refractivity contribution in [2.75, 3.05) is 11.6 Å². The molecule has 0 fully saturated rings. The van der Waals surface area contributed by atoms with Crippen LogP contribution in [-0.2, 0) is 4.79 Å². The van der Waals surface area contributed by atoms with Crippen LogP contribution in [0, 0.1) is 0 Å². The van der Waals surface area contributed by atoms with Gasteiger partial charge in [0, 0.05) is 15.1 Å². The van der Waals surface area contributed by atoms with Crippen LogP contribution in [0.3, 0.4) is 0 Å². The quantitative estimate of drug-likeness (QED) is 0.788. The maximum absolute atomic E-state index is 12.1. The number of carbonyl (C=O) groups excluding carboxylic acids is 1. The van der Waals surface area contributed by atoms with E-state index in [1.807, 2.05) is 54.8 Å². The SMILES string of the molecule is CSc1cccc(NC(=O)[C@@H](C)Oc2ccc(Br)cc2)c1. The number of hydrogen-bond donors (Lipinski definition) is 1. The lowest BCUT2D eigenvalue weighted by molar-refractivity contribution is -0.122. The number of thioether (sulfide) groups is 1. The third kappa shape index (κ3) is 4.79. The zero-order valence-corrected chi connectivity index (χ0v) is 14.2. The standard InChI is InChI=1S/C16H16BrNO2S/c1-11(20-14-8-6-12(17)7-9-14)16(19)18-13-4-3-5-15(10-13)21-2/h3-11H,1-2H3,(H,18,19)/t11-/m1/s1. The first-order chi connectivity index (χ1) is 10.1. The van der Waals surface area contributed by atoms with Crippen LogP contribution in [0.5, 0.6) is 5.75 Å². The highest BCUT2D eigenvalue weighted by Gasteiger charge is 2.14. The third-order valence-corrected chi connectivity index (χ3v) is 4.09. The monoisotopic (exact) mass is 365 g/mol. The van der Waals surface area contributed by atoms with Gasteiger partial charge in [-0.2, -0.15) is 0 Å². The second-order valence-corrected chi connectivity index (χ2v) is 6.23. The van der Waals surface area contributed by atoms with Crippen molar-refractivity contribution in [2.45, 2.75) is 17.9 Å². The Morgan fingerprint density at radius 3 is 2.62 bits per heavy atom. The summed E-state index contributed by atoms with van der Waals surface area (Å²) in [6.45, 7) is 1.73. The molecule has 0 bridgehead atoms. The fraction of sp³-hybridized carbons (Fsp3) is 0.188. The van der Waals surface area contributed by atoms with E-state index in [1.54, 1.807) is 18.7 Å². The van der Waals surface area contributed by atoms with Crippen molar-refractivity contribution >= 4 is 39.3 Å². The summed E-state index contributed by atoms with van der Waals surface area (Å²) in [5, 5.41) is 2.86. The first kappa shape index (κ1) is 15.9. The number of rotatable bonds is 5. The minimum atomic E-state index is -0.566. The molecular weight excluding hydrogens is 350 g/mol. The van der Waals surface area contributed by atoms with Gasteiger partial charge in [-0.15, -0.1) is 11.8 Å². The highest BCUT2D eigenvalue weighted by Crippen LogP contribution is 2.20. The third-order valence-electron chi connectivity index (χ3n) is 2.83. The molecule has 5 heteroatoms. The first-order valence-electron chi connectivity index (χ1n) is 6.45. The van der Waals surface area contributed by atoms with E-state index in [9.17, 15) is 4.79 Å². The van der Waals surface area contributed by atoms with Crippen molar-refractivity contribution in [3.05, 3.63) is 53.0 Å². The lowest BCUT2D eigenvalue weighted by atomic mass is 10.3. The number of amides is 1. The van der Waals surface area contributed by atoms with Crippen molar-refractivity contribution in [3.63, 3.8) is 0 Å². The van der Waals surface area contributed by atoms with Crippen molar-refractivity contribution in [1.29, 1.82) is 0 Å². The Labute approximate surface area is 137 Å². The lowest BCUT2D eigenvalue weighted by Crippen LogP contribution is -2.30. The lowest BCUT2D eigenvalue weighted by Gasteiger charge is -2.15. The Morgan fingerprint density at radius 2 is 1.95 bits per heavy atom. The van der Waals surface area contributed by atoms with E-state index in [2.05, 4.69) is 21.2 Å². The molecule has 110 valence electrons. The molecule has 1 amide bonds. The summed E-state index contributed by atoms with van der Waals surface area (Å²) in [6.07, 6.45) is 1.43. The maximum atomic E-state index is 12.1. The average molecular weight is 366 g/mol. The molecule has 0 saturated carbocycles. The minimum absolute atomic E-state index is 0.170. The molecule has 0 heterocycles.